The topological polar surface area (TPSA) is 59.5 Å². The summed E-state index contributed by atoms with van der Waals surface area (Å²) in [7, 11) is -3.44. The molecule has 1 aliphatic heterocycles. The summed E-state index contributed by atoms with van der Waals surface area (Å²) in [6, 6.07) is 6.99. The van der Waals surface area contributed by atoms with E-state index in [0.29, 0.717) is 29.6 Å². The molecule has 1 saturated heterocycles. The summed E-state index contributed by atoms with van der Waals surface area (Å²) >= 11 is 1.42. The van der Waals surface area contributed by atoms with Crippen LogP contribution in [-0.4, -0.2) is 36.9 Å². The molecule has 5 nitrogen and oxygen atoms in total. The Labute approximate surface area is 128 Å². The molecule has 7 heteroatoms. The zero-order valence-corrected chi connectivity index (χ0v) is 13.2. The number of ether oxygens (including phenoxy) is 1. The average Bonchev–Trinajstić information content (AvgIpc) is 3.11. The molecule has 3 rings (SSSR count). The van der Waals surface area contributed by atoms with Gasteiger partial charge in [-0.15, -0.1) is 0 Å². The molecule has 1 aliphatic rings. The van der Waals surface area contributed by atoms with Crippen LogP contribution in [0.15, 0.2) is 40.7 Å². The van der Waals surface area contributed by atoms with Crippen molar-refractivity contribution >= 4 is 21.4 Å². The van der Waals surface area contributed by atoms with Crippen LogP contribution in [0.2, 0.25) is 0 Å². The number of benzene rings is 1. The summed E-state index contributed by atoms with van der Waals surface area (Å²) in [6.45, 7) is 2.74. The fourth-order valence-corrected chi connectivity index (χ4v) is 4.49. The molecule has 0 radical (unpaired) electrons. The van der Waals surface area contributed by atoms with Crippen LogP contribution < -0.4 is 4.74 Å². The first-order chi connectivity index (χ1) is 10.1. The minimum atomic E-state index is -3.44. The third kappa shape index (κ3) is 3.09. The van der Waals surface area contributed by atoms with E-state index in [4.69, 9.17) is 4.74 Å². The lowest BCUT2D eigenvalue weighted by atomic mass is 10.2. The zero-order chi connectivity index (χ0) is 14.9. The van der Waals surface area contributed by atoms with Crippen LogP contribution in [0.5, 0.6) is 5.19 Å². The maximum atomic E-state index is 12.6. The van der Waals surface area contributed by atoms with Crippen LogP contribution in [0, 0.1) is 6.92 Å². The molecule has 0 amide bonds. The lowest BCUT2D eigenvalue weighted by Gasteiger charge is -2.16. The van der Waals surface area contributed by atoms with Gasteiger partial charge in [0.1, 0.15) is 6.10 Å². The second-order valence-corrected chi connectivity index (χ2v) is 7.80. The van der Waals surface area contributed by atoms with Crippen LogP contribution in [0.3, 0.4) is 0 Å². The molecule has 1 fully saturated rings. The second-order valence-electron chi connectivity index (χ2n) is 5.01. The second kappa shape index (κ2) is 5.75. The molecule has 2 heterocycles. The van der Waals surface area contributed by atoms with Crippen molar-refractivity contribution < 1.29 is 13.2 Å². The van der Waals surface area contributed by atoms with Crippen molar-refractivity contribution in [3.8, 4) is 5.19 Å². The molecule has 1 aromatic carbocycles. The van der Waals surface area contributed by atoms with Crippen LogP contribution in [-0.2, 0) is 10.0 Å². The van der Waals surface area contributed by atoms with Crippen molar-refractivity contribution in [3.63, 3.8) is 0 Å². The summed E-state index contributed by atoms with van der Waals surface area (Å²) in [5.74, 6) is 0. The van der Waals surface area contributed by atoms with E-state index in [1.54, 1.807) is 24.4 Å². The number of hydrogen-bond acceptors (Lipinski definition) is 5. The predicted molar refractivity (Wildman–Crippen MR) is 81.1 cm³/mol. The van der Waals surface area contributed by atoms with Gasteiger partial charge in [-0.25, -0.2) is 13.4 Å². The number of aromatic nitrogens is 1. The molecule has 1 unspecified atom stereocenters. The Morgan fingerprint density at radius 3 is 3.00 bits per heavy atom. The maximum Gasteiger partial charge on any atom is 0.273 e. The van der Waals surface area contributed by atoms with Crippen LogP contribution in [0.25, 0.3) is 0 Å². The molecule has 0 bridgehead atoms. The number of aryl methyl sites for hydroxylation is 1. The number of hydrogen-bond donors (Lipinski definition) is 0. The smallest absolute Gasteiger partial charge is 0.273 e. The van der Waals surface area contributed by atoms with E-state index >= 15 is 0 Å². The monoisotopic (exact) mass is 324 g/mol. The lowest BCUT2D eigenvalue weighted by Crippen LogP contribution is -2.31. The molecule has 2 aromatic rings. The van der Waals surface area contributed by atoms with Crippen molar-refractivity contribution in [1.82, 2.24) is 9.29 Å². The van der Waals surface area contributed by atoms with Gasteiger partial charge in [-0.3, -0.25) is 0 Å². The highest BCUT2D eigenvalue weighted by atomic mass is 32.2. The van der Waals surface area contributed by atoms with Gasteiger partial charge in [-0.05, 0) is 31.0 Å². The number of thiazole rings is 1. The maximum absolute atomic E-state index is 12.6. The highest BCUT2D eigenvalue weighted by molar-refractivity contribution is 7.89. The Bertz CT molecular complexity index is 714. The summed E-state index contributed by atoms with van der Waals surface area (Å²) in [4.78, 5) is 4.41. The van der Waals surface area contributed by atoms with E-state index in [1.165, 1.54) is 15.6 Å². The van der Waals surface area contributed by atoms with E-state index < -0.39 is 10.0 Å². The Kier molecular flexibility index (Phi) is 3.97. The van der Waals surface area contributed by atoms with E-state index in [1.807, 2.05) is 18.4 Å². The number of sulfonamides is 1. The third-order valence-electron chi connectivity index (χ3n) is 3.41. The number of rotatable bonds is 4. The first kappa shape index (κ1) is 14.5. The Hall–Kier alpha value is -1.44. The Morgan fingerprint density at radius 2 is 2.29 bits per heavy atom. The summed E-state index contributed by atoms with van der Waals surface area (Å²) in [5.41, 5.74) is 0.936. The highest BCUT2D eigenvalue weighted by Gasteiger charge is 2.33. The average molecular weight is 324 g/mol. The molecule has 0 saturated carbocycles. The van der Waals surface area contributed by atoms with E-state index in [0.717, 1.165) is 5.56 Å². The molecular weight excluding hydrogens is 308 g/mol. The van der Waals surface area contributed by atoms with Crippen molar-refractivity contribution in [2.24, 2.45) is 0 Å². The third-order valence-corrected chi connectivity index (χ3v) is 5.93. The summed E-state index contributed by atoms with van der Waals surface area (Å²) in [5, 5.41) is 2.43. The fourth-order valence-electron chi connectivity index (χ4n) is 2.35. The van der Waals surface area contributed by atoms with E-state index in [9.17, 15) is 8.42 Å². The zero-order valence-electron chi connectivity index (χ0n) is 11.6. The van der Waals surface area contributed by atoms with E-state index in [-0.39, 0.29) is 6.10 Å². The SMILES string of the molecule is Cc1cccc(S(=O)(=O)N2CCC(Oc3nccs3)C2)c1. The quantitative estimate of drug-likeness (QED) is 0.866. The minimum absolute atomic E-state index is 0.129. The molecule has 21 heavy (non-hydrogen) atoms. The first-order valence-electron chi connectivity index (χ1n) is 6.69. The van der Waals surface area contributed by atoms with Gasteiger partial charge in [0.25, 0.3) is 5.19 Å². The van der Waals surface area contributed by atoms with Crippen LogP contribution in [0.4, 0.5) is 0 Å². The van der Waals surface area contributed by atoms with Gasteiger partial charge in [0.05, 0.1) is 11.4 Å². The normalized spacial score (nSPS) is 19.8. The molecule has 1 atom stereocenters. The van der Waals surface area contributed by atoms with Crippen molar-refractivity contribution in [1.29, 1.82) is 0 Å². The predicted octanol–water partition coefficient (Wildman–Crippen LogP) is 2.29. The van der Waals surface area contributed by atoms with Gasteiger partial charge < -0.3 is 4.74 Å². The van der Waals surface area contributed by atoms with Crippen LogP contribution in [0.1, 0.15) is 12.0 Å². The molecule has 112 valence electrons. The number of nitrogens with zero attached hydrogens (tertiary/aromatic N) is 2. The van der Waals surface area contributed by atoms with Crippen molar-refractivity contribution in [2.45, 2.75) is 24.3 Å². The molecule has 0 N–H and O–H groups in total. The lowest BCUT2D eigenvalue weighted by molar-refractivity contribution is 0.214. The molecule has 0 spiro atoms. The Morgan fingerprint density at radius 1 is 1.43 bits per heavy atom. The summed E-state index contributed by atoms with van der Waals surface area (Å²) in [6.07, 6.45) is 2.23. The van der Waals surface area contributed by atoms with Gasteiger partial charge in [-0.2, -0.15) is 4.31 Å². The fraction of sp³-hybridized carbons (Fsp3) is 0.357. The molecular formula is C14H16N2O3S2. The van der Waals surface area contributed by atoms with Gasteiger partial charge >= 0.3 is 0 Å². The first-order valence-corrected chi connectivity index (χ1v) is 9.00. The highest BCUT2D eigenvalue weighted by Crippen LogP contribution is 2.25. The van der Waals surface area contributed by atoms with Gasteiger partial charge in [0.15, 0.2) is 0 Å². The van der Waals surface area contributed by atoms with Gasteiger partial charge in [0, 0.05) is 18.1 Å². The van der Waals surface area contributed by atoms with Gasteiger partial charge in [-0.1, -0.05) is 23.5 Å². The minimum Gasteiger partial charge on any atom is -0.465 e. The molecule has 0 aliphatic carbocycles. The van der Waals surface area contributed by atoms with Crippen molar-refractivity contribution in [3.05, 3.63) is 41.4 Å². The largest absolute Gasteiger partial charge is 0.465 e. The van der Waals surface area contributed by atoms with E-state index in [2.05, 4.69) is 4.98 Å². The van der Waals surface area contributed by atoms with Gasteiger partial charge in [0.2, 0.25) is 10.0 Å². The summed E-state index contributed by atoms with van der Waals surface area (Å²) < 4.78 is 32.4. The van der Waals surface area contributed by atoms with Crippen molar-refractivity contribution in [2.75, 3.05) is 13.1 Å². The Balaban J connectivity index is 1.73. The van der Waals surface area contributed by atoms with Crippen LogP contribution >= 0.6 is 11.3 Å². The standard InChI is InChI=1S/C14H16N2O3S2/c1-11-3-2-4-13(9-11)21(17,18)16-7-5-12(10-16)19-14-15-6-8-20-14/h2-4,6,8-9,12H,5,7,10H2,1H3. The molecule has 1 aromatic heterocycles.